The molecule has 0 spiro atoms. The zero-order valence-electron chi connectivity index (χ0n) is 12.6. The van der Waals surface area contributed by atoms with E-state index in [2.05, 4.69) is 0 Å². The van der Waals surface area contributed by atoms with E-state index in [4.69, 9.17) is 10.5 Å². The van der Waals surface area contributed by atoms with Gasteiger partial charge in [-0.3, -0.25) is 4.79 Å². The highest BCUT2D eigenvalue weighted by Gasteiger charge is 2.35. The molecule has 4 nitrogen and oxygen atoms in total. The number of nitrogens with zero attached hydrogens (tertiary/aromatic N) is 1. The van der Waals surface area contributed by atoms with Crippen LogP contribution in [0.15, 0.2) is 18.2 Å². The van der Waals surface area contributed by atoms with Crippen molar-refractivity contribution in [3.63, 3.8) is 0 Å². The summed E-state index contributed by atoms with van der Waals surface area (Å²) in [5.74, 6) is -0.541. The Morgan fingerprint density at radius 3 is 2.67 bits per heavy atom. The maximum absolute atomic E-state index is 13.7. The van der Waals surface area contributed by atoms with Gasteiger partial charge in [0, 0.05) is 24.7 Å². The number of benzene rings is 1. The summed E-state index contributed by atoms with van der Waals surface area (Å²) >= 11 is 0. The number of ether oxygens (including phenoxy) is 1. The lowest BCUT2D eigenvalue weighted by Gasteiger charge is -2.42. The average molecular weight is 317 g/mol. The molecule has 1 heterocycles. The summed E-state index contributed by atoms with van der Waals surface area (Å²) in [6.45, 7) is 5.29. The van der Waals surface area contributed by atoms with Gasteiger partial charge in [-0.15, -0.1) is 12.4 Å². The first-order valence-electron chi connectivity index (χ1n) is 6.73. The van der Waals surface area contributed by atoms with E-state index in [1.54, 1.807) is 11.0 Å². The van der Waals surface area contributed by atoms with E-state index in [-0.39, 0.29) is 35.5 Å². The largest absolute Gasteiger partial charge is 0.494 e. The lowest BCUT2D eigenvalue weighted by Crippen LogP contribution is -2.54. The summed E-state index contributed by atoms with van der Waals surface area (Å²) in [5.41, 5.74) is 6.28. The lowest BCUT2D eigenvalue weighted by molar-refractivity contribution is 0.0532. The van der Waals surface area contributed by atoms with Crippen LogP contribution in [0.2, 0.25) is 0 Å². The molecule has 0 saturated carbocycles. The third-order valence-electron chi connectivity index (χ3n) is 4.00. The molecule has 1 saturated heterocycles. The third kappa shape index (κ3) is 3.66. The van der Waals surface area contributed by atoms with Crippen molar-refractivity contribution in [3.8, 4) is 5.75 Å². The molecule has 21 heavy (non-hydrogen) atoms. The topological polar surface area (TPSA) is 55.6 Å². The van der Waals surface area contributed by atoms with Gasteiger partial charge in [0.25, 0.3) is 5.91 Å². The maximum atomic E-state index is 13.7. The van der Waals surface area contributed by atoms with Crippen molar-refractivity contribution in [1.29, 1.82) is 0 Å². The van der Waals surface area contributed by atoms with Crippen molar-refractivity contribution in [3.05, 3.63) is 29.6 Å². The lowest BCUT2D eigenvalue weighted by atomic mass is 9.79. The molecular formula is C15H22ClFN2O2. The van der Waals surface area contributed by atoms with Crippen LogP contribution in [0, 0.1) is 11.2 Å². The Labute approximate surface area is 130 Å². The molecule has 1 atom stereocenters. The summed E-state index contributed by atoms with van der Waals surface area (Å²) < 4.78 is 18.5. The van der Waals surface area contributed by atoms with Crippen LogP contribution in [-0.4, -0.2) is 37.0 Å². The molecule has 0 radical (unpaired) electrons. The zero-order chi connectivity index (χ0) is 14.9. The fourth-order valence-corrected chi connectivity index (χ4v) is 2.53. The number of hydrogen-bond donors (Lipinski definition) is 1. The van der Waals surface area contributed by atoms with E-state index in [0.29, 0.717) is 18.7 Å². The second-order valence-electron chi connectivity index (χ2n) is 5.96. The monoisotopic (exact) mass is 316 g/mol. The minimum absolute atomic E-state index is 0. The molecule has 2 N–H and O–H groups in total. The van der Waals surface area contributed by atoms with Crippen LogP contribution in [-0.2, 0) is 0 Å². The summed E-state index contributed by atoms with van der Waals surface area (Å²) in [7, 11) is 1.40. The van der Waals surface area contributed by atoms with Gasteiger partial charge in [-0.1, -0.05) is 13.8 Å². The predicted molar refractivity (Wildman–Crippen MR) is 82.5 cm³/mol. The third-order valence-corrected chi connectivity index (χ3v) is 4.00. The summed E-state index contributed by atoms with van der Waals surface area (Å²) in [5, 5.41) is 0. The molecule has 0 aromatic heterocycles. The summed E-state index contributed by atoms with van der Waals surface area (Å²) in [4.78, 5) is 14.2. The number of piperidine rings is 1. The second kappa shape index (κ2) is 6.62. The molecule has 1 aliphatic heterocycles. The van der Waals surface area contributed by atoms with E-state index in [9.17, 15) is 9.18 Å². The normalized spacial score (nSPS) is 20.6. The molecule has 1 aromatic carbocycles. The number of methoxy groups -OCH3 is 1. The SMILES string of the molecule is COc1ccc(C(=O)N2CCC(N)C(C)(C)C2)cc1F.Cl. The molecule has 0 bridgehead atoms. The van der Waals surface area contributed by atoms with Gasteiger partial charge in [0.1, 0.15) is 0 Å². The standard InChI is InChI=1S/C15H21FN2O2.ClH/c1-15(2)9-18(7-6-13(15)17)14(19)10-4-5-12(20-3)11(16)8-10;/h4-5,8,13H,6-7,9,17H2,1-3H3;1H. The van der Waals surface area contributed by atoms with Crippen LogP contribution < -0.4 is 10.5 Å². The Morgan fingerprint density at radius 2 is 2.14 bits per heavy atom. The Balaban J connectivity index is 0.00000220. The van der Waals surface area contributed by atoms with Gasteiger partial charge in [-0.05, 0) is 30.0 Å². The Bertz CT molecular complexity index is 522. The molecule has 1 unspecified atom stereocenters. The molecule has 118 valence electrons. The Kier molecular flexibility index (Phi) is 5.59. The summed E-state index contributed by atoms with van der Waals surface area (Å²) in [6.07, 6.45) is 0.761. The number of nitrogens with two attached hydrogens (primary N) is 1. The minimum Gasteiger partial charge on any atom is -0.494 e. The van der Waals surface area contributed by atoms with Crippen molar-refractivity contribution in [2.75, 3.05) is 20.2 Å². The van der Waals surface area contributed by atoms with Crippen LogP contribution in [0.5, 0.6) is 5.75 Å². The van der Waals surface area contributed by atoms with E-state index in [0.717, 1.165) is 6.42 Å². The number of carbonyl (C=O) groups is 1. The van der Waals surface area contributed by atoms with Crippen LogP contribution in [0.4, 0.5) is 4.39 Å². The zero-order valence-corrected chi connectivity index (χ0v) is 13.4. The highest BCUT2D eigenvalue weighted by molar-refractivity contribution is 5.94. The van der Waals surface area contributed by atoms with Gasteiger partial charge in [0.2, 0.25) is 0 Å². The number of likely N-dealkylation sites (tertiary alicyclic amines) is 1. The first-order valence-corrected chi connectivity index (χ1v) is 6.73. The number of amides is 1. The van der Waals surface area contributed by atoms with Crippen molar-refractivity contribution >= 4 is 18.3 Å². The van der Waals surface area contributed by atoms with Crippen LogP contribution in [0.1, 0.15) is 30.6 Å². The Hall–Kier alpha value is -1.33. The van der Waals surface area contributed by atoms with Crippen molar-refractivity contribution in [1.82, 2.24) is 4.90 Å². The molecule has 0 aliphatic carbocycles. The van der Waals surface area contributed by atoms with Crippen LogP contribution in [0.25, 0.3) is 0 Å². The van der Waals surface area contributed by atoms with E-state index in [1.807, 2.05) is 13.8 Å². The highest BCUT2D eigenvalue weighted by atomic mass is 35.5. The minimum atomic E-state index is -0.522. The van der Waals surface area contributed by atoms with E-state index < -0.39 is 5.82 Å². The van der Waals surface area contributed by atoms with Gasteiger partial charge in [-0.2, -0.15) is 0 Å². The summed E-state index contributed by atoms with van der Waals surface area (Å²) in [6, 6.07) is 4.37. The van der Waals surface area contributed by atoms with Gasteiger partial charge in [0.05, 0.1) is 7.11 Å². The van der Waals surface area contributed by atoms with Gasteiger partial charge in [-0.25, -0.2) is 4.39 Å². The van der Waals surface area contributed by atoms with Crippen molar-refractivity contribution in [2.24, 2.45) is 11.1 Å². The quantitative estimate of drug-likeness (QED) is 0.912. The smallest absolute Gasteiger partial charge is 0.253 e. The fraction of sp³-hybridized carbons (Fsp3) is 0.533. The molecule has 1 aliphatic rings. The fourth-order valence-electron chi connectivity index (χ4n) is 2.53. The van der Waals surface area contributed by atoms with Crippen LogP contribution in [0.3, 0.4) is 0 Å². The number of carbonyl (C=O) groups excluding carboxylic acids is 1. The van der Waals surface area contributed by atoms with Gasteiger partial charge >= 0.3 is 0 Å². The molecule has 6 heteroatoms. The maximum Gasteiger partial charge on any atom is 0.253 e. The molecule has 1 amide bonds. The van der Waals surface area contributed by atoms with Crippen molar-refractivity contribution in [2.45, 2.75) is 26.3 Å². The first-order chi connectivity index (χ1) is 9.35. The van der Waals surface area contributed by atoms with Crippen molar-refractivity contribution < 1.29 is 13.9 Å². The van der Waals surface area contributed by atoms with Crippen LogP contribution >= 0.6 is 12.4 Å². The van der Waals surface area contributed by atoms with Gasteiger partial charge < -0.3 is 15.4 Å². The number of hydrogen-bond acceptors (Lipinski definition) is 3. The molecule has 1 fully saturated rings. The highest BCUT2D eigenvalue weighted by Crippen LogP contribution is 2.29. The molecule has 2 rings (SSSR count). The first kappa shape index (κ1) is 17.7. The molecular weight excluding hydrogens is 295 g/mol. The number of halogens is 2. The van der Waals surface area contributed by atoms with E-state index in [1.165, 1.54) is 19.2 Å². The predicted octanol–water partition coefficient (Wildman–Crippen LogP) is 2.46. The van der Waals surface area contributed by atoms with Gasteiger partial charge in [0.15, 0.2) is 11.6 Å². The number of rotatable bonds is 2. The average Bonchev–Trinajstić information content (AvgIpc) is 2.41. The molecule has 1 aromatic rings. The Morgan fingerprint density at radius 1 is 1.48 bits per heavy atom. The second-order valence-corrected chi connectivity index (χ2v) is 5.96. The van der Waals surface area contributed by atoms with E-state index >= 15 is 0 Å².